The number of rotatable bonds is 5. The molecule has 0 amide bonds. The Kier molecular flexibility index (Phi) is 3.73. The van der Waals surface area contributed by atoms with Crippen LogP contribution in [0.25, 0.3) is 0 Å². The third kappa shape index (κ3) is 3.17. The highest BCUT2D eigenvalue weighted by molar-refractivity contribution is 5.91. The summed E-state index contributed by atoms with van der Waals surface area (Å²) in [7, 11) is 0. The van der Waals surface area contributed by atoms with Gasteiger partial charge in [-0.3, -0.25) is 0 Å². The Morgan fingerprint density at radius 1 is 1.29 bits per heavy atom. The van der Waals surface area contributed by atoms with E-state index in [0.717, 1.165) is 18.4 Å². The first-order valence-corrected chi connectivity index (χ1v) is 5.50. The summed E-state index contributed by atoms with van der Waals surface area (Å²) in [5.41, 5.74) is 0.489. The summed E-state index contributed by atoms with van der Waals surface area (Å²) in [5, 5.41) is 0. The van der Waals surface area contributed by atoms with Crippen LogP contribution in [0.15, 0.2) is 11.6 Å². The van der Waals surface area contributed by atoms with Crippen LogP contribution in [0.1, 0.15) is 52.9 Å². The second-order valence-corrected chi connectivity index (χ2v) is 4.47. The number of hydrogen-bond donors (Lipinski definition) is 0. The summed E-state index contributed by atoms with van der Waals surface area (Å²) < 4.78 is 5.19. The van der Waals surface area contributed by atoms with Crippen LogP contribution in [0, 0.1) is 0 Å². The topological polar surface area (TPSA) is 26.3 Å². The van der Waals surface area contributed by atoms with E-state index < -0.39 is 0 Å². The molecule has 0 aliphatic carbocycles. The van der Waals surface area contributed by atoms with Crippen molar-refractivity contribution in [3.63, 3.8) is 0 Å². The predicted octanol–water partition coefficient (Wildman–Crippen LogP) is 3.22. The number of carbonyl (C=O) groups excluding carboxylic acids is 1. The lowest BCUT2D eigenvalue weighted by Gasteiger charge is -2.12. The van der Waals surface area contributed by atoms with Crippen LogP contribution in [0.4, 0.5) is 0 Å². The lowest BCUT2D eigenvalue weighted by molar-refractivity contribution is -0.144. The van der Waals surface area contributed by atoms with Gasteiger partial charge in [-0.15, -0.1) is 0 Å². The molecule has 0 atom stereocenters. The summed E-state index contributed by atoms with van der Waals surface area (Å²) in [6.45, 7) is 6.03. The average Bonchev–Trinajstić information content (AvgIpc) is 2.34. The lowest BCUT2D eigenvalue weighted by Crippen LogP contribution is -2.17. The van der Waals surface area contributed by atoms with Gasteiger partial charge in [0.2, 0.25) is 0 Å². The number of unbranched alkanes of at least 4 members (excludes halogenated alkanes) is 3. The molecule has 0 saturated heterocycles. The fourth-order valence-corrected chi connectivity index (χ4v) is 1.73. The molecule has 1 rings (SSSR count). The van der Waals surface area contributed by atoms with Crippen molar-refractivity contribution < 1.29 is 9.53 Å². The molecule has 14 heavy (non-hydrogen) atoms. The van der Waals surface area contributed by atoms with Gasteiger partial charge >= 0.3 is 5.97 Å². The molecular weight excluding hydrogens is 176 g/mol. The summed E-state index contributed by atoms with van der Waals surface area (Å²) >= 11 is 0. The number of esters is 1. The molecule has 1 aliphatic heterocycles. The molecule has 80 valence electrons. The third-order valence-corrected chi connectivity index (χ3v) is 2.44. The molecule has 0 saturated carbocycles. The highest BCUT2D eigenvalue weighted by Gasteiger charge is 2.30. The maximum absolute atomic E-state index is 11.4. The van der Waals surface area contributed by atoms with Gasteiger partial charge in [-0.25, -0.2) is 4.79 Å². The van der Waals surface area contributed by atoms with E-state index in [2.05, 4.69) is 6.92 Å². The Bertz CT molecular complexity index is 239. The van der Waals surface area contributed by atoms with Crippen molar-refractivity contribution in [1.29, 1.82) is 0 Å². The molecule has 2 nitrogen and oxygen atoms in total. The lowest BCUT2D eigenvalue weighted by atomic mass is 10.0. The van der Waals surface area contributed by atoms with Crippen molar-refractivity contribution in [3.05, 3.63) is 11.6 Å². The molecule has 0 aromatic rings. The van der Waals surface area contributed by atoms with Crippen LogP contribution in [0.3, 0.4) is 0 Å². The van der Waals surface area contributed by atoms with E-state index in [4.69, 9.17) is 4.74 Å². The molecule has 0 aromatic heterocycles. The van der Waals surface area contributed by atoms with Crippen molar-refractivity contribution in [2.24, 2.45) is 0 Å². The molecule has 0 spiro atoms. The predicted molar refractivity (Wildman–Crippen MR) is 57.0 cm³/mol. The monoisotopic (exact) mass is 196 g/mol. The van der Waals surface area contributed by atoms with Crippen LogP contribution in [-0.4, -0.2) is 11.6 Å². The zero-order valence-corrected chi connectivity index (χ0v) is 9.43. The van der Waals surface area contributed by atoms with Crippen molar-refractivity contribution in [1.82, 2.24) is 0 Å². The quantitative estimate of drug-likeness (QED) is 0.498. The molecule has 1 aliphatic rings. The molecule has 0 unspecified atom stereocenters. The van der Waals surface area contributed by atoms with Crippen molar-refractivity contribution in [3.8, 4) is 0 Å². The zero-order valence-electron chi connectivity index (χ0n) is 9.43. The molecule has 0 bridgehead atoms. The summed E-state index contributed by atoms with van der Waals surface area (Å²) in [6, 6.07) is 0. The van der Waals surface area contributed by atoms with Gasteiger partial charge in [-0.05, 0) is 32.8 Å². The fraction of sp³-hybridized carbons (Fsp3) is 0.750. The molecule has 1 heterocycles. The number of carbonyl (C=O) groups is 1. The van der Waals surface area contributed by atoms with Crippen LogP contribution < -0.4 is 0 Å². The van der Waals surface area contributed by atoms with Crippen LogP contribution in [-0.2, 0) is 9.53 Å². The standard InChI is InChI=1S/C12H20O2/c1-4-5-6-7-8-10-9-12(2,3)14-11(10)13/h9H,4-8H2,1-3H3. The van der Waals surface area contributed by atoms with Gasteiger partial charge in [0, 0.05) is 5.57 Å². The SMILES string of the molecule is CCCCCCC1=CC(C)(C)OC1=O. The molecule has 0 aromatic carbocycles. The number of hydrogen-bond acceptors (Lipinski definition) is 2. The second-order valence-electron chi connectivity index (χ2n) is 4.47. The average molecular weight is 196 g/mol. The second kappa shape index (κ2) is 4.63. The Morgan fingerprint density at radius 3 is 2.50 bits per heavy atom. The highest BCUT2D eigenvalue weighted by Crippen LogP contribution is 2.26. The summed E-state index contributed by atoms with van der Waals surface area (Å²) in [4.78, 5) is 11.4. The van der Waals surface area contributed by atoms with Crippen molar-refractivity contribution in [2.75, 3.05) is 0 Å². The first-order chi connectivity index (χ1) is 6.55. The first-order valence-electron chi connectivity index (χ1n) is 5.50. The fourth-order valence-electron chi connectivity index (χ4n) is 1.73. The van der Waals surface area contributed by atoms with Gasteiger partial charge in [0.1, 0.15) is 5.60 Å². The maximum atomic E-state index is 11.4. The molecule has 0 radical (unpaired) electrons. The van der Waals surface area contributed by atoms with Crippen molar-refractivity contribution in [2.45, 2.75) is 58.5 Å². The minimum absolute atomic E-state index is 0.119. The van der Waals surface area contributed by atoms with Gasteiger partial charge in [-0.1, -0.05) is 26.2 Å². The van der Waals surface area contributed by atoms with Gasteiger partial charge in [0.15, 0.2) is 0 Å². The maximum Gasteiger partial charge on any atom is 0.334 e. The van der Waals surface area contributed by atoms with Gasteiger partial charge in [-0.2, -0.15) is 0 Å². The van der Waals surface area contributed by atoms with E-state index in [1.165, 1.54) is 19.3 Å². The number of cyclic esters (lactones) is 1. The van der Waals surface area contributed by atoms with E-state index >= 15 is 0 Å². The third-order valence-electron chi connectivity index (χ3n) is 2.44. The largest absolute Gasteiger partial charge is 0.452 e. The first kappa shape index (κ1) is 11.3. The molecule has 0 fully saturated rings. The Morgan fingerprint density at radius 2 is 2.00 bits per heavy atom. The normalized spacial score (nSPS) is 19.4. The van der Waals surface area contributed by atoms with Crippen molar-refractivity contribution >= 4 is 5.97 Å². The molecule has 0 N–H and O–H groups in total. The van der Waals surface area contributed by atoms with Crippen LogP contribution in [0.5, 0.6) is 0 Å². The van der Waals surface area contributed by atoms with E-state index in [1.54, 1.807) is 0 Å². The Balaban J connectivity index is 2.34. The van der Waals surface area contributed by atoms with E-state index in [0.29, 0.717) is 0 Å². The smallest absolute Gasteiger partial charge is 0.334 e. The Hall–Kier alpha value is -0.790. The highest BCUT2D eigenvalue weighted by atomic mass is 16.6. The number of ether oxygens (including phenoxy) is 1. The Labute approximate surface area is 86.3 Å². The molecule has 2 heteroatoms. The van der Waals surface area contributed by atoms with Gasteiger partial charge in [0.05, 0.1) is 0 Å². The van der Waals surface area contributed by atoms with Crippen LogP contribution >= 0.6 is 0 Å². The minimum atomic E-state index is -0.378. The minimum Gasteiger partial charge on any atom is -0.452 e. The van der Waals surface area contributed by atoms with E-state index in [9.17, 15) is 4.79 Å². The van der Waals surface area contributed by atoms with Gasteiger partial charge < -0.3 is 4.74 Å². The van der Waals surface area contributed by atoms with Crippen LogP contribution in [0.2, 0.25) is 0 Å². The molecular formula is C12H20O2. The van der Waals surface area contributed by atoms with E-state index in [-0.39, 0.29) is 11.6 Å². The van der Waals surface area contributed by atoms with Gasteiger partial charge in [0.25, 0.3) is 0 Å². The summed E-state index contributed by atoms with van der Waals surface area (Å²) in [6.07, 6.45) is 7.64. The summed E-state index contributed by atoms with van der Waals surface area (Å²) in [5.74, 6) is -0.119. The van der Waals surface area contributed by atoms with E-state index in [1.807, 2.05) is 19.9 Å². The zero-order chi connectivity index (χ0) is 10.6.